The van der Waals surface area contributed by atoms with E-state index in [-0.39, 0.29) is 11.3 Å². The van der Waals surface area contributed by atoms with Crippen LogP contribution in [-0.4, -0.2) is 29.0 Å². The average molecular weight is 291 g/mol. The number of hydrogen-bond donors (Lipinski definition) is 0. The topological polar surface area (TPSA) is 42.3 Å². The molecule has 0 radical (unpaired) electrons. The van der Waals surface area contributed by atoms with Crippen molar-refractivity contribution in [2.75, 3.05) is 11.8 Å². The second-order valence-electron chi connectivity index (χ2n) is 4.74. The largest absolute Gasteiger partial charge is 0.353 e. The molecular formula is C12H19ClN2O2S. The van der Waals surface area contributed by atoms with Gasteiger partial charge in [0.05, 0.1) is 6.04 Å². The Morgan fingerprint density at radius 3 is 2.78 bits per heavy atom. The highest BCUT2D eigenvalue weighted by Crippen LogP contribution is 2.32. The van der Waals surface area contributed by atoms with Crippen molar-refractivity contribution in [2.45, 2.75) is 31.7 Å². The van der Waals surface area contributed by atoms with Crippen LogP contribution in [0.3, 0.4) is 0 Å². The van der Waals surface area contributed by atoms with Crippen molar-refractivity contribution in [1.29, 1.82) is 0 Å². The zero-order valence-corrected chi connectivity index (χ0v) is 12.1. The van der Waals surface area contributed by atoms with Crippen molar-refractivity contribution in [2.24, 2.45) is 7.05 Å². The monoisotopic (exact) mass is 290 g/mol. The lowest BCUT2D eigenvalue weighted by Gasteiger charge is -2.28. The molecule has 1 aliphatic heterocycles. The number of nitrogens with zero attached hydrogens (tertiary/aromatic N) is 2. The Balaban J connectivity index is 2.37. The number of sulfonamides is 1. The van der Waals surface area contributed by atoms with Gasteiger partial charge in [0, 0.05) is 25.5 Å². The molecule has 0 saturated carbocycles. The number of halogens is 1. The van der Waals surface area contributed by atoms with Crippen LogP contribution < -0.4 is 0 Å². The maximum absolute atomic E-state index is 12.1. The molecule has 1 atom stereocenters. The summed E-state index contributed by atoms with van der Waals surface area (Å²) in [5, 5.41) is -0.339. The van der Waals surface area contributed by atoms with Crippen molar-refractivity contribution >= 4 is 21.6 Å². The number of aryl methyl sites for hydroxylation is 1. The highest BCUT2D eigenvalue weighted by Gasteiger charge is 2.32. The van der Waals surface area contributed by atoms with Crippen molar-refractivity contribution in [3.8, 4) is 0 Å². The van der Waals surface area contributed by atoms with Gasteiger partial charge in [0.1, 0.15) is 5.21 Å². The SMILES string of the molecule is Cn1cccc1C1CCCCCN1S(=O)(=O)CCl. The summed E-state index contributed by atoms with van der Waals surface area (Å²) in [4.78, 5) is 0. The minimum atomic E-state index is -3.35. The Morgan fingerprint density at radius 1 is 1.39 bits per heavy atom. The average Bonchev–Trinajstić information content (AvgIpc) is 2.63. The van der Waals surface area contributed by atoms with Gasteiger partial charge in [0.15, 0.2) is 0 Å². The summed E-state index contributed by atoms with van der Waals surface area (Å²) < 4.78 is 27.8. The lowest BCUT2D eigenvalue weighted by atomic mass is 10.1. The number of rotatable bonds is 3. The van der Waals surface area contributed by atoms with Gasteiger partial charge in [-0.2, -0.15) is 4.31 Å². The predicted molar refractivity (Wildman–Crippen MR) is 73.0 cm³/mol. The summed E-state index contributed by atoms with van der Waals surface area (Å²) in [6, 6.07) is 3.87. The van der Waals surface area contributed by atoms with Crippen LogP contribution in [0.2, 0.25) is 0 Å². The molecule has 0 aliphatic carbocycles. The number of alkyl halides is 1. The minimum Gasteiger partial charge on any atom is -0.353 e. The fraction of sp³-hybridized carbons (Fsp3) is 0.667. The third kappa shape index (κ3) is 2.73. The Kier molecular flexibility index (Phi) is 4.35. The molecule has 1 aromatic heterocycles. The first-order valence-electron chi connectivity index (χ1n) is 6.23. The molecule has 102 valence electrons. The minimum absolute atomic E-state index is 0.0729. The normalized spacial score (nSPS) is 22.9. The zero-order chi connectivity index (χ0) is 13.2. The summed E-state index contributed by atoms with van der Waals surface area (Å²) >= 11 is 5.61. The van der Waals surface area contributed by atoms with E-state index in [0.29, 0.717) is 6.54 Å². The van der Waals surface area contributed by atoms with E-state index in [1.165, 1.54) is 0 Å². The fourth-order valence-corrected chi connectivity index (χ4v) is 4.10. The lowest BCUT2D eigenvalue weighted by molar-refractivity contribution is 0.320. The summed E-state index contributed by atoms with van der Waals surface area (Å²) in [7, 11) is -1.40. The molecule has 1 unspecified atom stereocenters. The van der Waals surface area contributed by atoms with Crippen molar-refractivity contribution < 1.29 is 8.42 Å². The second kappa shape index (κ2) is 5.63. The molecule has 18 heavy (non-hydrogen) atoms. The molecule has 0 spiro atoms. The summed E-state index contributed by atoms with van der Waals surface area (Å²) in [6.07, 6.45) is 5.87. The van der Waals surface area contributed by atoms with Gasteiger partial charge in [0.2, 0.25) is 10.0 Å². The third-order valence-electron chi connectivity index (χ3n) is 3.52. The standard InChI is InChI=1S/C12H19ClN2O2S/c1-14-8-5-7-11(14)12-6-3-2-4-9-15(12)18(16,17)10-13/h5,7-8,12H,2-4,6,9-10H2,1H3. The van der Waals surface area contributed by atoms with E-state index >= 15 is 0 Å². The molecule has 4 nitrogen and oxygen atoms in total. The van der Waals surface area contributed by atoms with Crippen LogP contribution in [0.25, 0.3) is 0 Å². The van der Waals surface area contributed by atoms with Gasteiger partial charge in [-0.3, -0.25) is 0 Å². The first-order chi connectivity index (χ1) is 8.56. The molecule has 1 fully saturated rings. The molecule has 0 bridgehead atoms. The second-order valence-corrected chi connectivity index (χ2v) is 7.25. The highest BCUT2D eigenvalue weighted by molar-refractivity contribution is 7.90. The quantitative estimate of drug-likeness (QED) is 0.803. The Morgan fingerprint density at radius 2 is 2.17 bits per heavy atom. The molecule has 2 rings (SSSR count). The Labute approximate surface area is 114 Å². The van der Waals surface area contributed by atoms with E-state index in [1.807, 2.05) is 29.9 Å². The van der Waals surface area contributed by atoms with E-state index in [4.69, 9.17) is 11.6 Å². The van der Waals surface area contributed by atoms with Crippen molar-refractivity contribution in [3.05, 3.63) is 24.0 Å². The van der Waals surface area contributed by atoms with Crippen LogP contribution in [0.1, 0.15) is 37.4 Å². The fourth-order valence-electron chi connectivity index (χ4n) is 2.59. The van der Waals surface area contributed by atoms with Crippen LogP contribution in [-0.2, 0) is 17.1 Å². The highest BCUT2D eigenvalue weighted by atomic mass is 35.5. The number of hydrogen-bond acceptors (Lipinski definition) is 2. The van der Waals surface area contributed by atoms with Crippen LogP contribution >= 0.6 is 11.6 Å². The first-order valence-corrected chi connectivity index (χ1v) is 8.37. The van der Waals surface area contributed by atoms with Crippen LogP contribution in [0.5, 0.6) is 0 Å². The molecule has 1 saturated heterocycles. The molecule has 6 heteroatoms. The molecule has 1 aliphatic rings. The smallest absolute Gasteiger partial charge is 0.228 e. The Bertz CT molecular complexity index is 498. The zero-order valence-electron chi connectivity index (χ0n) is 10.5. The maximum atomic E-state index is 12.1. The molecule has 2 heterocycles. The summed E-state index contributed by atoms with van der Waals surface area (Å²) in [6.45, 7) is 0.574. The van der Waals surface area contributed by atoms with Gasteiger partial charge in [0.25, 0.3) is 0 Å². The van der Waals surface area contributed by atoms with E-state index in [9.17, 15) is 8.42 Å². The predicted octanol–water partition coefficient (Wildman–Crippen LogP) is 2.47. The maximum Gasteiger partial charge on any atom is 0.228 e. The Hall–Kier alpha value is -0.520. The van der Waals surface area contributed by atoms with Gasteiger partial charge in [-0.15, -0.1) is 11.6 Å². The molecule has 0 aromatic carbocycles. The van der Waals surface area contributed by atoms with Gasteiger partial charge in [-0.25, -0.2) is 8.42 Å². The van der Waals surface area contributed by atoms with Gasteiger partial charge >= 0.3 is 0 Å². The third-order valence-corrected chi connectivity index (χ3v) is 5.78. The summed E-state index contributed by atoms with van der Waals surface area (Å²) in [5.41, 5.74) is 1.05. The van der Waals surface area contributed by atoms with E-state index < -0.39 is 10.0 Å². The first kappa shape index (κ1) is 13.9. The van der Waals surface area contributed by atoms with Gasteiger partial charge < -0.3 is 4.57 Å². The molecule has 0 N–H and O–H groups in total. The van der Waals surface area contributed by atoms with Crippen LogP contribution in [0, 0.1) is 0 Å². The molecular weight excluding hydrogens is 272 g/mol. The van der Waals surface area contributed by atoms with Gasteiger partial charge in [-0.1, -0.05) is 12.8 Å². The van der Waals surface area contributed by atoms with Gasteiger partial charge in [-0.05, 0) is 25.0 Å². The van der Waals surface area contributed by atoms with E-state index in [2.05, 4.69) is 0 Å². The van der Waals surface area contributed by atoms with Crippen molar-refractivity contribution in [3.63, 3.8) is 0 Å². The summed E-state index contributed by atoms with van der Waals surface area (Å²) in [5.74, 6) is 0. The van der Waals surface area contributed by atoms with E-state index in [0.717, 1.165) is 31.4 Å². The number of aromatic nitrogens is 1. The van der Waals surface area contributed by atoms with Crippen LogP contribution in [0.4, 0.5) is 0 Å². The molecule has 0 amide bonds. The van der Waals surface area contributed by atoms with E-state index in [1.54, 1.807) is 4.31 Å². The lowest BCUT2D eigenvalue weighted by Crippen LogP contribution is -2.36. The molecule has 1 aromatic rings. The van der Waals surface area contributed by atoms with Crippen molar-refractivity contribution in [1.82, 2.24) is 8.87 Å². The van der Waals surface area contributed by atoms with Crippen LogP contribution in [0.15, 0.2) is 18.3 Å².